The summed E-state index contributed by atoms with van der Waals surface area (Å²) >= 11 is 0. The van der Waals surface area contributed by atoms with Crippen LogP contribution in [0.15, 0.2) is 46.9 Å². The fraction of sp³-hybridized carbons (Fsp3) is 0.353. The van der Waals surface area contributed by atoms with Crippen LogP contribution in [0, 0.1) is 0 Å². The Morgan fingerprint density at radius 1 is 1.23 bits per heavy atom. The third kappa shape index (κ3) is 3.14. The molecule has 1 atom stereocenters. The molecule has 0 aliphatic carbocycles. The Kier molecular flexibility index (Phi) is 4.15. The zero-order valence-electron chi connectivity index (χ0n) is 12.6. The summed E-state index contributed by atoms with van der Waals surface area (Å²) in [7, 11) is 0. The predicted molar refractivity (Wildman–Crippen MR) is 84.2 cm³/mol. The van der Waals surface area contributed by atoms with Crippen LogP contribution in [0.3, 0.4) is 0 Å². The summed E-state index contributed by atoms with van der Waals surface area (Å²) < 4.78 is 5.34. The molecule has 0 radical (unpaired) electrons. The third-order valence-electron chi connectivity index (χ3n) is 4.05. The lowest BCUT2D eigenvalue weighted by atomic mass is 10.1. The fourth-order valence-corrected chi connectivity index (χ4v) is 2.98. The molecular formula is C17H20N2O3. The van der Waals surface area contributed by atoms with Crippen molar-refractivity contribution in [2.24, 2.45) is 0 Å². The number of rotatable bonds is 4. The number of furan rings is 1. The zero-order chi connectivity index (χ0) is 15.5. The number of hydrogen-bond donors (Lipinski definition) is 1. The van der Waals surface area contributed by atoms with Gasteiger partial charge in [0, 0.05) is 31.4 Å². The van der Waals surface area contributed by atoms with Crippen molar-refractivity contribution in [3.63, 3.8) is 0 Å². The van der Waals surface area contributed by atoms with E-state index in [4.69, 9.17) is 9.52 Å². The zero-order valence-corrected chi connectivity index (χ0v) is 12.6. The first-order chi connectivity index (χ1) is 10.6. The minimum Gasteiger partial charge on any atom is -0.475 e. The number of carboxylic acids is 1. The van der Waals surface area contributed by atoms with E-state index in [9.17, 15) is 4.79 Å². The number of hydrogen-bond acceptors (Lipinski definition) is 4. The van der Waals surface area contributed by atoms with Gasteiger partial charge in [0.25, 0.3) is 0 Å². The molecule has 0 spiro atoms. The van der Waals surface area contributed by atoms with Crippen LogP contribution < -0.4 is 4.90 Å². The van der Waals surface area contributed by atoms with Crippen molar-refractivity contribution in [2.75, 3.05) is 24.5 Å². The summed E-state index contributed by atoms with van der Waals surface area (Å²) in [6.07, 6.45) is 0. The van der Waals surface area contributed by atoms with E-state index in [2.05, 4.69) is 41.0 Å². The van der Waals surface area contributed by atoms with Crippen molar-refractivity contribution in [1.82, 2.24) is 4.90 Å². The molecular weight excluding hydrogens is 280 g/mol. The van der Waals surface area contributed by atoms with Crippen molar-refractivity contribution >= 4 is 11.7 Å². The molecule has 5 heteroatoms. The second-order valence-electron chi connectivity index (χ2n) is 5.68. The summed E-state index contributed by atoms with van der Waals surface area (Å²) in [5, 5.41) is 8.89. The van der Waals surface area contributed by atoms with Crippen LogP contribution in [0.25, 0.3) is 0 Å². The van der Waals surface area contributed by atoms with Gasteiger partial charge in [-0.3, -0.25) is 4.90 Å². The second-order valence-corrected chi connectivity index (χ2v) is 5.68. The molecule has 1 aromatic carbocycles. The lowest BCUT2D eigenvalue weighted by Gasteiger charge is -2.41. The van der Waals surface area contributed by atoms with E-state index in [0.29, 0.717) is 18.3 Å². The fourth-order valence-electron chi connectivity index (χ4n) is 2.98. The van der Waals surface area contributed by atoms with Gasteiger partial charge in [-0.15, -0.1) is 0 Å². The van der Waals surface area contributed by atoms with E-state index in [1.54, 1.807) is 6.07 Å². The van der Waals surface area contributed by atoms with E-state index >= 15 is 0 Å². The highest BCUT2D eigenvalue weighted by Crippen LogP contribution is 2.21. The van der Waals surface area contributed by atoms with Crippen LogP contribution in [0.4, 0.5) is 5.69 Å². The first-order valence-electron chi connectivity index (χ1n) is 7.49. The highest BCUT2D eigenvalue weighted by Gasteiger charge is 2.24. The Hall–Kier alpha value is -2.27. The first kappa shape index (κ1) is 14.7. The van der Waals surface area contributed by atoms with Gasteiger partial charge in [0.15, 0.2) is 0 Å². The number of anilines is 1. The van der Waals surface area contributed by atoms with Crippen LogP contribution >= 0.6 is 0 Å². The van der Waals surface area contributed by atoms with Gasteiger partial charge < -0.3 is 14.4 Å². The van der Waals surface area contributed by atoms with E-state index in [1.807, 2.05) is 6.07 Å². The Morgan fingerprint density at radius 3 is 2.64 bits per heavy atom. The number of carbonyl (C=O) groups is 1. The Balaban J connectivity index is 1.61. The van der Waals surface area contributed by atoms with Crippen molar-refractivity contribution in [3.05, 3.63) is 54.0 Å². The highest BCUT2D eigenvalue weighted by molar-refractivity contribution is 5.84. The number of carboxylic acid groups (broad SMARTS) is 1. The number of piperazine rings is 1. The number of benzene rings is 1. The molecule has 0 saturated carbocycles. The molecule has 3 rings (SSSR count). The molecule has 0 bridgehead atoms. The lowest BCUT2D eigenvalue weighted by molar-refractivity contribution is 0.0658. The second kappa shape index (κ2) is 6.23. The highest BCUT2D eigenvalue weighted by atomic mass is 16.4. The van der Waals surface area contributed by atoms with Crippen LogP contribution in [-0.2, 0) is 6.54 Å². The third-order valence-corrected chi connectivity index (χ3v) is 4.05. The maximum absolute atomic E-state index is 10.8. The average molecular weight is 300 g/mol. The predicted octanol–water partition coefficient (Wildman–Crippen LogP) is 2.69. The molecule has 22 heavy (non-hydrogen) atoms. The smallest absolute Gasteiger partial charge is 0.371 e. The van der Waals surface area contributed by atoms with Gasteiger partial charge in [-0.05, 0) is 31.2 Å². The van der Waals surface area contributed by atoms with Crippen LogP contribution in [-0.4, -0.2) is 41.7 Å². The molecule has 1 saturated heterocycles. The summed E-state index contributed by atoms with van der Waals surface area (Å²) in [5.41, 5.74) is 1.25. The van der Waals surface area contributed by atoms with Crippen LogP contribution in [0.1, 0.15) is 23.2 Å². The van der Waals surface area contributed by atoms with E-state index < -0.39 is 5.97 Å². The van der Waals surface area contributed by atoms with Crippen molar-refractivity contribution in [3.8, 4) is 0 Å². The molecule has 1 fully saturated rings. The van der Waals surface area contributed by atoms with Gasteiger partial charge in [0.2, 0.25) is 5.76 Å². The molecule has 1 aromatic heterocycles. The Bertz CT molecular complexity index is 638. The molecule has 1 aliphatic heterocycles. The Labute approximate surface area is 129 Å². The topological polar surface area (TPSA) is 56.9 Å². The minimum atomic E-state index is -1.02. The van der Waals surface area contributed by atoms with Crippen molar-refractivity contribution in [2.45, 2.75) is 19.5 Å². The maximum atomic E-state index is 10.8. The molecule has 116 valence electrons. The molecule has 1 aliphatic rings. The maximum Gasteiger partial charge on any atom is 0.371 e. The van der Waals surface area contributed by atoms with Crippen LogP contribution in [0.2, 0.25) is 0 Å². The largest absolute Gasteiger partial charge is 0.475 e. The van der Waals surface area contributed by atoms with Crippen molar-refractivity contribution < 1.29 is 14.3 Å². The molecule has 5 nitrogen and oxygen atoms in total. The minimum absolute atomic E-state index is 0.00553. The molecule has 1 unspecified atom stereocenters. The standard InChI is InChI=1S/C17H20N2O3/c1-13-11-18(12-15-7-8-16(22-15)17(20)21)9-10-19(13)14-5-3-2-4-6-14/h2-8,13H,9-12H2,1H3,(H,20,21). The summed E-state index contributed by atoms with van der Waals surface area (Å²) in [5.74, 6) is -0.308. The number of para-hydroxylation sites is 1. The lowest BCUT2D eigenvalue weighted by Crippen LogP contribution is -2.51. The summed E-state index contributed by atoms with van der Waals surface area (Å²) in [6.45, 7) is 5.68. The molecule has 0 amide bonds. The van der Waals surface area contributed by atoms with Crippen molar-refractivity contribution in [1.29, 1.82) is 0 Å². The normalized spacial score (nSPS) is 19.3. The molecule has 2 heterocycles. The van der Waals surface area contributed by atoms with Gasteiger partial charge >= 0.3 is 5.97 Å². The van der Waals surface area contributed by atoms with E-state index in [-0.39, 0.29) is 5.76 Å². The van der Waals surface area contributed by atoms with Gasteiger partial charge in [0.1, 0.15) is 5.76 Å². The average Bonchev–Trinajstić information content (AvgIpc) is 2.97. The van der Waals surface area contributed by atoms with Gasteiger partial charge in [0.05, 0.1) is 6.54 Å². The summed E-state index contributed by atoms with van der Waals surface area (Å²) in [4.78, 5) is 15.5. The SMILES string of the molecule is CC1CN(Cc2ccc(C(=O)O)o2)CCN1c1ccccc1. The molecule has 2 aromatic rings. The van der Waals surface area contributed by atoms with Gasteiger partial charge in [-0.2, -0.15) is 0 Å². The van der Waals surface area contributed by atoms with Gasteiger partial charge in [-0.1, -0.05) is 18.2 Å². The first-order valence-corrected chi connectivity index (χ1v) is 7.49. The van der Waals surface area contributed by atoms with Crippen LogP contribution in [0.5, 0.6) is 0 Å². The van der Waals surface area contributed by atoms with Gasteiger partial charge in [-0.25, -0.2) is 4.79 Å². The number of aromatic carboxylic acids is 1. The summed E-state index contributed by atoms with van der Waals surface area (Å²) in [6, 6.07) is 14.1. The monoisotopic (exact) mass is 300 g/mol. The Morgan fingerprint density at radius 2 is 2.00 bits per heavy atom. The quantitative estimate of drug-likeness (QED) is 0.941. The molecule has 1 N–H and O–H groups in total. The van der Waals surface area contributed by atoms with E-state index in [0.717, 1.165) is 19.6 Å². The number of nitrogens with zero attached hydrogens (tertiary/aromatic N) is 2. The van der Waals surface area contributed by atoms with E-state index in [1.165, 1.54) is 11.8 Å².